The molecule has 0 saturated heterocycles. The van der Waals surface area contributed by atoms with E-state index in [0.717, 1.165) is 6.08 Å². The van der Waals surface area contributed by atoms with E-state index in [1.807, 2.05) is 0 Å². The van der Waals surface area contributed by atoms with Gasteiger partial charge in [-0.3, -0.25) is 4.79 Å². The number of rotatable bonds is 8. The highest BCUT2D eigenvalue weighted by molar-refractivity contribution is 5.81. The van der Waals surface area contributed by atoms with Crippen molar-refractivity contribution >= 4 is 17.7 Å². The van der Waals surface area contributed by atoms with E-state index in [2.05, 4.69) is 11.3 Å². The van der Waals surface area contributed by atoms with Crippen LogP contribution < -0.4 is 0 Å². The lowest BCUT2D eigenvalue weighted by Crippen LogP contribution is -2.12. The van der Waals surface area contributed by atoms with Gasteiger partial charge in [0.1, 0.15) is 19.0 Å². The first kappa shape index (κ1) is 14.3. The first-order valence-corrected chi connectivity index (χ1v) is 5.00. The van der Waals surface area contributed by atoms with Crippen LogP contribution in [0.5, 0.6) is 0 Å². The minimum absolute atomic E-state index is 0.0172. The number of ketones is 1. The van der Waals surface area contributed by atoms with E-state index in [4.69, 9.17) is 4.74 Å². The van der Waals surface area contributed by atoms with Gasteiger partial charge in [-0.25, -0.2) is 4.79 Å². The van der Waals surface area contributed by atoms with Gasteiger partial charge in [0.25, 0.3) is 0 Å². The highest BCUT2D eigenvalue weighted by Crippen LogP contribution is 1.98. The van der Waals surface area contributed by atoms with Crippen molar-refractivity contribution in [1.82, 2.24) is 0 Å². The molecule has 0 spiro atoms. The van der Waals surface area contributed by atoms with E-state index in [0.29, 0.717) is 12.8 Å². The maximum atomic E-state index is 11.0. The molecule has 0 bridgehead atoms. The van der Waals surface area contributed by atoms with Crippen LogP contribution in [0.15, 0.2) is 12.7 Å². The molecule has 0 atom stereocenters. The van der Waals surface area contributed by atoms with E-state index in [1.54, 1.807) is 0 Å². The summed E-state index contributed by atoms with van der Waals surface area (Å²) in [5.41, 5.74) is 0. The zero-order chi connectivity index (χ0) is 12.4. The third kappa shape index (κ3) is 8.93. The van der Waals surface area contributed by atoms with Gasteiger partial charge in [0.2, 0.25) is 0 Å². The largest absolute Gasteiger partial charge is 0.462 e. The fourth-order valence-electron chi connectivity index (χ4n) is 0.911. The molecule has 0 heterocycles. The van der Waals surface area contributed by atoms with Crippen LogP contribution in [-0.2, 0) is 23.9 Å². The summed E-state index contributed by atoms with van der Waals surface area (Å²) in [7, 11) is 0. The number of esters is 2. The first-order chi connectivity index (χ1) is 7.56. The predicted molar refractivity (Wildman–Crippen MR) is 56.6 cm³/mol. The summed E-state index contributed by atoms with van der Waals surface area (Å²) in [5.74, 6) is -0.892. The Morgan fingerprint density at radius 2 is 1.75 bits per heavy atom. The van der Waals surface area contributed by atoms with Crippen molar-refractivity contribution in [3.05, 3.63) is 12.7 Å². The molecule has 0 aliphatic carbocycles. The summed E-state index contributed by atoms with van der Waals surface area (Å²) in [6, 6.07) is 0. The highest BCUT2D eigenvalue weighted by atomic mass is 16.6. The lowest BCUT2D eigenvalue weighted by molar-refractivity contribution is -0.149. The Bertz CT molecular complexity index is 270. The monoisotopic (exact) mass is 228 g/mol. The molecule has 5 nitrogen and oxygen atoms in total. The van der Waals surface area contributed by atoms with Gasteiger partial charge in [-0.2, -0.15) is 0 Å². The van der Waals surface area contributed by atoms with Gasteiger partial charge in [-0.15, -0.1) is 0 Å². The van der Waals surface area contributed by atoms with E-state index >= 15 is 0 Å². The van der Waals surface area contributed by atoms with Crippen molar-refractivity contribution in [2.75, 3.05) is 13.2 Å². The van der Waals surface area contributed by atoms with Crippen LogP contribution in [0.4, 0.5) is 0 Å². The number of carbonyl (C=O) groups is 3. The molecule has 0 fully saturated rings. The third-order valence-corrected chi connectivity index (χ3v) is 1.67. The Labute approximate surface area is 94.4 Å². The quantitative estimate of drug-likeness (QED) is 0.352. The molecule has 0 rings (SSSR count). The summed E-state index contributed by atoms with van der Waals surface area (Å²) < 4.78 is 9.35. The summed E-state index contributed by atoms with van der Waals surface area (Å²) in [5, 5.41) is 0. The van der Waals surface area contributed by atoms with Crippen molar-refractivity contribution in [3.63, 3.8) is 0 Å². The zero-order valence-corrected chi connectivity index (χ0v) is 9.36. The molecule has 0 aromatic heterocycles. The minimum Gasteiger partial charge on any atom is -0.462 e. The number of Topliss-reactive ketones (excluding diaryl/α,β-unsaturated/α-hetero) is 1. The average Bonchev–Trinajstić information content (AvgIpc) is 2.23. The molecule has 0 radical (unpaired) electrons. The van der Waals surface area contributed by atoms with Gasteiger partial charge in [-0.05, 0) is 13.3 Å². The predicted octanol–water partition coefficient (Wildman–Crippen LogP) is 1.02. The molecule has 0 N–H and O–H groups in total. The molecular weight excluding hydrogens is 212 g/mol. The molecule has 5 heteroatoms. The van der Waals surface area contributed by atoms with E-state index < -0.39 is 11.9 Å². The van der Waals surface area contributed by atoms with Crippen LogP contribution >= 0.6 is 0 Å². The number of carbonyl (C=O) groups excluding carboxylic acids is 3. The summed E-state index contributed by atoms with van der Waals surface area (Å²) >= 11 is 0. The Balaban J connectivity index is 3.40. The van der Waals surface area contributed by atoms with Crippen LogP contribution in [0.3, 0.4) is 0 Å². The Morgan fingerprint density at radius 1 is 1.12 bits per heavy atom. The van der Waals surface area contributed by atoms with E-state index in [1.165, 1.54) is 6.92 Å². The van der Waals surface area contributed by atoms with Gasteiger partial charge in [-0.1, -0.05) is 6.58 Å². The fraction of sp³-hybridized carbons (Fsp3) is 0.545. The Hall–Kier alpha value is -1.65. The second-order valence-electron chi connectivity index (χ2n) is 3.15. The Kier molecular flexibility index (Phi) is 7.75. The summed E-state index contributed by atoms with van der Waals surface area (Å²) in [4.78, 5) is 32.2. The summed E-state index contributed by atoms with van der Waals surface area (Å²) in [6.45, 7) is 4.73. The minimum atomic E-state index is -0.548. The van der Waals surface area contributed by atoms with Crippen LogP contribution in [0.2, 0.25) is 0 Å². The van der Waals surface area contributed by atoms with Crippen LogP contribution in [-0.4, -0.2) is 30.9 Å². The Morgan fingerprint density at radius 3 is 2.31 bits per heavy atom. The molecule has 0 amide bonds. The van der Waals surface area contributed by atoms with Crippen molar-refractivity contribution in [2.45, 2.75) is 26.2 Å². The van der Waals surface area contributed by atoms with Crippen LogP contribution in [0, 0.1) is 0 Å². The van der Waals surface area contributed by atoms with E-state index in [-0.39, 0.29) is 25.4 Å². The molecule has 16 heavy (non-hydrogen) atoms. The molecule has 0 aromatic carbocycles. The van der Waals surface area contributed by atoms with Gasteiger partial charge in [0, 0.05) is 18.9 Å². The van der Waals surface area contributed by atoms with Gasteiger partial charge in [0.15, 0.2) is 0 Å². The molecule has 0 aromatic rings. The maximum Gasteiger partial charge on any atom is 0.330 e. The lowest BCUT2D eigenvalue weighted by Gasteiger charge is -2.04. The van der Waals surface area contributed by atoms with E-state index in [9.17, 15) is 14.4 Å². The highest BCUT2D eigenvalue weighted by Gasteiger charge is 2.04. The third-order valence-electron chi connectivity index (χ3n) is 1.67. The van der Waals surface area contributed by atoms with Crippen molar-refractivity contribution in [2.24, 2.45) is 0 Å². The van der Waals surface area contributed by atoms with Crippen molar-refractivity contribution < 1.29 is 23.9 Å². The lowest BCUT2D eigenvalue weighted by atomic mass is 10.2. The topological polar surface area (TPSA) is 69.7 Å². The number of hydrogen-bond donors (Lipinski definition) is 0. The second kappa shape index (κ2) is 8.64. The second-order valence-corrected chi connectivity index (χ2v) is 3.15. The SMILES string of the molecule is C=CC(=O)OCCOC(=O)CCCC(C)=O. The molecule has 90 valence electrons. The fourth-order valence-corrected chi connectivity index (χ4v) is 0.911. The first-order valence-electron chi connectivity index (χ1n) is 5.00. The number of ether oxygens (including phenoxy) is 2. The molecule has 0 saturated carbocycles. The van der Waals surface area contributed by atoms with Gasteiger partial charge < -0.3 is 14.3 Å². The van der Waals surface area contributed by atoms with Gasteiger partial charge in [0.05, 0.1) is 0 Å². The maximum absolute atomic E-state index is 11.0. The van der Waals surface area contributed by atoms with Crippen molar-refractivity contribution in [1.29, 1.82) is 0 Å². The molecule has 0 aliphatic heterocycles. The molecule has 0 aliphatic rings. The number of hydrogen-bond acceptors (Lipinski definition) is 5. The molecular formula is C11H16O5. The van der Waals surface area contributed by atoms with Crippen molar-refractivity contribution in [3.8, 4) is 0 Å². The smallest absolute Gasteiger partial charge is 0.330 e. The average molecular weight is 228 g/mol. The zero-order valence-electron chi connectivity index (χ0n) is 9.36. The normalized spacial score (nSPS) is 9.31. The standard InChI is InChI=1S/C11H16O5/c1-3-10(13)15-7-8-16-11(14)6-4-5-9(2)12/h3H,1,4-8H2,2H3. The summed E-state index contributed by atoms with van der Waals surface area (Å²) in [6.07, 6.45) is 2.10. The molecule has 0 unspecified atom stereocenters. The van der Waals surface area contributed by atoms with Crippen LogP contribution in [0.25, 0.3) is 0 Å². The van der Waals surface area contributed by atoms with Crippen LogP contribution in [0.1, 0.15) is 26.2 Å². The van der Waals surface area contributed by atoms with Gasteiger partial charge >= 0.3 is 11.9 Å².